The highest BCUT2D eigenvalue weighted by molar-refractivity contribution is 7.84. The molecule has 1 aromatic heterocycles. The van der Waals surface area contributed by atoms with Gasteiger partial charge in [0, 0.05) is 33.9 Å². The summed E-state index contributed by atoms with van der Waals surface area (Å²) in [5.41, 5.74) is 7.70. The Kier molecular flexibility index (Phi) is 3.92. The van der Waals surface area contributed by atoms with Gasteiger partial charge in [-0.3, -0.25) is 4.21 Å². The van der Waals surface area contributed by atoms with Crippen LogP contribution in [0, 0.1) is 0 Å². The largest absolute Gasteiger partial charge is 0.369 e. The first-order chi connectivity index (χ1) is 8.49. The van der Waals surface area contributed by atoms with Gasteiger partial charge >= 0.3 is 0 Å². The molecule has 0 aliphatic rings. The summed E-state index contributed by atoms with van der Waals surface area (Å²) in [5, 5.41) is 0.662. The van der Waals surface area contributed by atoms with Crippen LogP contribution in [0.4, 0.5) is 5.95 Å². The standard InChI is InChI=1S/C12H16ClN3OS/c1-8(5-6-18(2)17)16-11-7-9(13)3-4-10(11)15-12(16)14/h3-4,7-8H,5-6H2,1-2H3,(H2,14,15). The number of aromatic nitrogens is 2. The van der Waals surface area contributed by atoms with E-state index in [9.17, 15) is 4.21 Å². The third kappa shape index (κ3) is 2.67. The Labute approximate surface area is 114 Å². The number of fused-ring (bicyclic) bond motifs is 1. The van der Waals surface area contributed by atoms with Crippen molar-refractivity contribution in [3.8, 4) is 0 Å². The molecule has 2 N–H and O–H groups in total. The van der Waals surface area contributed by atoms with Crippen LogP contribution in [0.25, 0.3) is 11.0 Å². The fourth-order valence-corrected chi connectivity index (χ4v) is 2.85. The van der Waals surface area contributed by atoms with Gasteiger partial charge in [-0.15, -0.1) is 0 Å². The molecule has 0 saturated carbocycles. The van der Waals surface area contributed by atoms with Gasteiger partial charge in [0.05, 0.1) is 11.0 Å². The Hall–Kier alpha value is -1.07. The minimum absolute atomic E-state index is 0.150. The predicted molar refractivity (Wildman–Crippen MR) is 77.4 cm³/mol. The fourth-order valence-electron chi connectivity index (χ4n) is 2.01. The molecule has 0 saturated heterocycles. The summed E-state index contributed by atoms with van der Waals surface area (Å²) in [6.07, 6.45) is 2.50. The summed E-state index contributed by atoms with van der Waals surface area (Å²) in [6.45, 7) is 2.05. The number of nitrogens with two attached hydrogens (primary N) is 1. The van der Waals surface area contributed by atoms with Crippen LogP contribution >= 0.6 is 11.6 Å². The quantitative estimate of drug-likeness (QED) is 0.939. The monoisotopic (exact) mass is 285 g/mol. The number of rotatable bonds is 4. The van der Waals surface area contributed by atoms with E-state index >= 15 is 0 Å². The van der Waals surface area contributed by atoms with Crippen molar-refractivity contribution in [1.29, 1.82) is 0 Å². The topological polar surface area (TPSA) is 60.9 Å². The predicted octanol–water partition coefficient (Wildman–Crippen LogP) is 2.60. The Morgan fingerprint density at radius 3 is 2.94 bits per heavy atom. The summed E-state index contributed by atoms with van der Waals surface area (Å²) >= 11 is 6.00. The third-order valence-electron chi connectivity index (χ3n) is 2.94. The molecule has 2 rings (SSSR count). The highest BCUT2D eigenvalue weighted by Crippen LogP contribution is 2.26. The maximum absolute atomic E-state index is 11.2. The van der Waals surface area contributed by atoms with Gasteiger partial charge in [-0.1, -0.05) is 11.6 Å². The number of hydrogen-bond donors (Lipinski definition) is 1. The van der Waals surface area contributed by atoms with Crippen LogP contribution < -0.4 is 5.73 Å². The van der Waals surface area contributed by atoms with Crippen molar-refractivity contribution in [3.05, 3.63) is 23.2 Å². The normalized spacial score (nSPS) is 14.8. The first kappa shape index (κ1) is 13.4. The smallest absolute Gasteiger partial charge is 0.201 e. The van der Waals surface area contributed by atoms with Gasteiger partial charge in [0.25, 0.3) is 0 Å². The fraction of sp³-hybridized carbons (Fsp3) is 0.417. The molecule has 98 valence electrons. The van der Waals surface area contributed by atoms with Crippen LogP contribution in [-0.2, 0) is 10.8 Å². The average Bonchev–Trinajstić information content (AvgIpc) is 2.61. The van der Waals surface area contributed by atoms with Crippen LogP contribution in [0.5, 0.6) is 0 Å². The molecule has 0 aliphatic heterocycles. The first-order valence-electron chi connectivity index (χ1n) is 5.72. The highest BCUT2D eigenvalue weighted by Gasteiger charge is 2.14. The summed E-state index contributed by atoms with van der Waals surface area (Å²) < 4.78 is 13.1. The molecule has 0 spiro atoms. The van der Waals surface area contributed by atoms with E-state index in [4.69, 9.17) is 17.3 Å². The highest BCUT2D eigenvalue weighted by atomic mass is 35.5. The second-order valence-corrected chi connectivity index (χ2v) is 6.38. The van der Waals surface area contributed by atoms with Gasteiger partial charge in [0.15, 0.2) is 0 Å². The van der Waals surface area contributed by atoms with Crippen molar-refractivity contribution in [1.82, 2.24) is 9.55 Å². The first-order valence-corrected chi connectivity index (χ1v) is 7.82. The molecule has 0 amide bonds. The van der Waals surface area contributed by atoms with E-state index in [1.807, 2.05) is 23.6 Å². The molecule has 0 bridgehead atoms. The van der Waals surface area contributed by atoms with E-state index in [2.05, 4.69) is 4.98 Å². The molecule has 1 aromatic carbocycles. The van der Waals surface area contributed by atoms with Crippen molar-refractivity contribution in [2.24, 2.45) is 0 Å². The van der Waals surface area contributed by atoms with Gasteiger partial charge in [0.1, 0.15) is 0 Å². The van der Waals surface area contributed by atoms with Crippen LogP contribution in [-0.4, -0.2) is 25.8 Å². The van der Waals surface area contributed by atoms with Crippen LogP contribution in [0.2, 0.25) is 5.02 Å². The second-order valence-electron chi connectivity index (χ2n) is 4.39. The molecule has 2 aromatic rings. The Balaban J connectivity index is 2.39. The van der Waals surface area contributed by atoms with E-state index in [1.54, 1.807) is 12.3 Å². The lowest BCUT2D eigenvalue weighted by Crippen LogP contribution is -2.11. The maximum atomic E-state index is 11.2. The number of nitrogens with zero attached hydrogens (tertiary/aromatic N) is 2. The van der Waals surface area contributed by atoms with E-state index < -0.39 is 10.8 Å². The zero-order chi connectivity index (χ0) is 13.3. The number of halogens is 1. The molecular formula is C12H16ClN3OS. The molecule has 0 radical (unpaired) electrons. The van der Waals surface area contributed by atoms with Crippen molar-refractivity contribution in [2.45, 2.75) is 19.4 Å². The molecule has 2 unspecified atom stereocenters. The zero-order valence-corrected chi connectivity index (χ0v) is 12.0. The molecule has 18 heavy (non-hydrogen) atoms. The zero-order valence-electron chi connectivity index (χ0n) is 10.4. The van der Waals surface area contributed by atoms with E-state index in [-0.39, 0.29) is 6.04 Å². The number of anilines is 1. The minimum atomic E-state index is -0.793. The average molecular weight is 286 g/mol. The van der Waals surface area contributed by atoms with Gasteiger partial charge in [-0.25, -0.2) is 4.98 Å². The van der Waals surface area contributed by atoms with Gasteiger partial charge in [-0.05, 0) is 31.5 Å². The Morgan fingerprint density at radius 1 is 1.56 bits per heavy atom. The van der Waals surface area contributed by atoms with E-state index in [1.165, 1.54) is 0 Å². The molecule has 6 heteroatoms. The van der Waals surface area contributed by atoms with E-state index in [0.717, 1.165) is 17.5 Å². The van der Waals surface area contributed by atoms with Crippen LogP contribution in [0.15, 0.2) is 18.2 Å². The van der Waals surface area contributed by atoms with Crippen molar-refractivity contribution < 1.29 is 4.21 Å². The molecular weight excluding hydrogens is 270 g/mol. The lowest BCUT2D eigenvalue weighted by atomic mass is 10.2. The third-order valence-corrected chi connectivity index (χ3v) is 3.99. The lowest BCUT2D eigenvalue weighted by Gasteiger charge is -2.15. The molecule has 0 fully saturated rings. The summed E-state index contributed by atoms with van der Waals surface area (Å²) in [4.78, 5) is 4.31. The number of imidazole rings is 1. The Bertz CT molecular complexity index is 596. The number of benzene rings is 1. The van der Waals surface area contributed by atoms with Gasteiger partial charge in [-0.2, -0.15) is 0 Å². The Morgan fingerprint density at radius 2 is 2.28 bits per heavy atom. The SMILES string of the molecule is CC(CCS(C)=O)n1c(N)nc2ccc(Cl)cc21. The molecule has 2 atom stereocenters. The van der Waals surface area contributed by atoms with Crippen molar-refractivity contribution >= 4 is 39.4 Å². The summed E-state index contributed by atoms with van der Waals surface area (Å²) in [6, 6.07) is 5.67. The summed E-state index contributed by atoms with van der Waals surface area (Å²) in [7, 11) is -0.793. The number of nitrogen functional groups attached to an aromatic ring is 1. The van der Waals surface area contributed by atoms with Crippen LogP contribution in [0.3, 0.4) is 0 Å². The lowest BCUT2D eigenvalue weighted by molar-refractivity contribution is 0.552. The van der Waals surface area contributed by atoms with Crippen LogP contribution in [0.1, 0.15) is 19.4 Å². The molecule has 1 heterocycles. The van der Waals surface area contributed by atoms with E-state index in [0.29, 0.717) is 16.7 Å². The maximum Gasteiger partial charge on any atom is 0.201 e. The number of hydrogen-bond acceptors (Lipinski definition) is 3. The molecule has 4 nitrogen and oxygen atoms in total. The van der Waals surface area contributed by atoms with Gasteiger partial charge < -0.3 is 10.3 Å². The minimum Gasteiger partial charge on any atom is -0.369 e. The van der Waals surface area contributed by atoms with Crippen molar-refractivity contribution in [2.75, 3.05) is 17.7 Å². The summed E-state index contributed by atoms with van der Waals surface area (Å²) in [5.74, 6) is 1.13. The second kappa shape index (κ2) is 5.28. The molecule has 0 aliphatic carbocycles. The van der Waals surface area contributed by atoms with Crippen molar-refractivity contribution in [3.63, 3.8) is 0 Å². The van der Waals surface area contributed by atoms with Gasteiger partial charge in [0.2, 0.25) is 5.95 Å².